The second-order valence-electron chi connectivity index (χ2n) is 8.77. The number of ether oxygens (including phenoxy) is 2. The van der Waals surface area contributed by atoms with Gasteiger partial charge in [0.15, 0.2) is 0 Å². The molecule has 0 fully saturated rings. The topological polar surface area (TPSA) is 91.0 Å². The van der Waals surface area contributed by atoms with Crippen LogP contribution < -0.4 is 5.73 Å². The predicted molar refractivity (Wildman–Crippen MR) is 130 cm³/mol. The molecule has 0 aliphatic rings. The molecule has 0 aliphatic heterocycles. The van der Waals surface area contributed by atoms with Crippen LogP contribution in [0.4, 0.5) is 5.00 Å². The Morgan fingerprint density at radius 3 is 1.97 bits per heavy atom. The third-order valence-corrected chi connectivity index (χ3v) is 6.78. The van der Waals surface area contributed by atoms with Crippen LogP contribution in [0.15, 0.2) is 29.3 Å². The summed E-state index contributed by atoms with van der Waals surface area (Å²) >= 11 is 1.21. The Morgan fingerprint density at radius 1 is 0.969 bits per heavy atom. The molecule has 0 unspecified atom stereocenters. The van der Waals surface area contributed by atoms with Crippen LogP contribution in [0, 0.1) is 0 Å². The molecule has 2 rings (SSSR count). The molecule has 0 bridgehead atoms. The summed E-state index contributed by atoms with van der Waals surface area (Å²) in [6.45, 7) is 13.9. The van der Waals surface area contributed by atoms with Crippen molar-refractivity contribution < 1.29 is 19.1 Å². The zero-order valence-electron chi connectivity index (χ0n) is 20.1. The molecule has 1 heterocycles. The van der Waals surface area contributed by atoms with Gasteiger partial charge in [-0.25, -0.2) is 14.6 Å². The molecule has 7 heteroatoms. The molecular formula is C25H34N2O4S. The van der Waals surface area contributed by atoms with Gasteiger partial charge in [-0.1, -0.05) is 45.0 Å². The number of nitrogens with two attached hydrogens (primary N) is 1. The third-order valence-electron chi connectivity index (χ3n) is 5.34. The van der Waals surface area contributed by atoms with Gasteiger partial charge in [0.2, 0.25) is 0 Å². The van der Waals surface area contributed by atoms with Crippen molar-refractivity contribution in [1.29, 1.82) is 0 Å². The number of aliphatic imine (C=N–C) groups is 1. The largest absolute Gasteiger partial charge is 0.462 e. The van der Waals surface area contributed by atoms with Crippen molar-refractivity contribution in [2.75, 3.05) is 13.2 Å². The summed E-state index contributed by atoms with van der Waals surface area (Å²) in [6.07, 6.45) is 2.71. The highest BCUT2D eigenvalue weighted by molar-refractivity contribution is 7.16. The predicted octanol–water partition coefficient (Wildman–Crippen LogP) is 5.73. The van der Waals surface area contributed by atoms with Crippen LogP contribution in [0.3, 0.4) is 0 Å². The van der Waals surface area contributed by atoms with Gasteiger partial charge in [-0.3, -0.25) is 0 Å². The van der Waals surface area contributed by atoms with Gasteiger partial charge >= 0.3 is 11.9 Å². The molecule has 0 spiro atoms. The van der Waals surface area contributed by atoms with E-state index in [1.807, 2.05) is 12.1 Å². The van der Waals surface area contributed by atoms with Crippen LogP contribution in [-0.2, 0) is 20.4 Å². The Hall–Kier alpha value is -2.51. The Labute approximate surface area is 194 Å². The lowest BCUT2D eigenvalue weighted by Gasteiger charge is -2.23. The molecule has 0 saturated carbocycles. The Morgan fingerprint density at radius 2 is 1.50 bits per heavy atom. The van der Waals surface area contributed by atoms with Crippen LogP contribution in [0.25, 0.3) is 0 Å². The Balaban J connectivity index is 2.57. The van der Waals surface area contributed by atoms with Crippen LogP contribution in [0.5, 0.6) is 0 Å². The zero-order chi connectivity index (χ0) is 24.1. The maximum absolute atomic E-state index is 12.8. The summed E-state index contributed by atoms with van der Waals surface area (Å²) in [6, 6.07) is 8.16. The number of rotatable bonds is 9. The fourth-order valence-corrected chi connectivity index (χ4v) is 4.25. The Kier molecular flexibility index (Phi) is 8.37. The summed E-state index contributed by atoms with van der Waals surface area (Å²) in [5, 5.41) is 0.373. The fraction of sp³-hybridized carbons (Fsp3) is 0.480. The van der Waals surface area contributed by atoms with E-state index in [-0.39, 0.29) is 29.8 Å². The number of carbonyl (C=O) groups excluding carboxylic acids is 2. The number of esters is 2. The van der Waals surface area contributed by atoms with Crippen molar-refractivity contribution in [2.45, 2.75) is 65.8 Å². The van der Waals surface area contributed by atoms with E-state index < -0.39 is 17.5 Å². The first-order chi connectivity index (χ1) is 15.0. The van der Waals surface area contributed by atoms with E-state index >= 15 is 0 Å². The SMILES string of the molecule is CCOC(=O)c1c(N=Cc2ccc(C(C)(C)CC)cc2)sc(C(C)(C)N)c1C(=O)OCC. The van der Waals surface area contributed by atoms with Crippen molar-refractivity contribution in [3.63, 3.8) is 0 Å². The van der Waals surface area contributed by atoms with E-state index in [0.29, 0.717) is 9.88 Å². The van der Waals surface area contributed by atoms with Crippen LogP contribution >= 0.6 is 11.3 Å². The third kappa shape index (κ3) is 5.84. The lowest BCUT2D eigenvalue weighted by molar-refractivity contribution is 0.0479. The average molecular weight is 459 g/mol. The molecule has 2 aromatic rings. The molecule has 0 atom stereocenters. The summed E-state index contributed by atoms with van der Waals surface area (Å²) in [7, 11) is 0. The molecule has 2 N–H and O–H groups in total. The van der Waals surface area contributed by atoms with Crippen molar-refractivity contribution in [1.82, 2.24) is 0 Å². The van der Waals surface area contributed by atoms with E-state index in [1.54, 1.807) is 33.9 Å². The minimum atomic E-state index is -0.866. The van der Waals surface area contributed by atoms with Crippen LogP contribution in [-0.4, -0.2) is 31.4 Å². The smallest absolute Gasteiger partial charge is 0.342 e. The van der Waals surface area contributed by atoms with Gasteiger partial charge in [0.1, 0.15) is 10.6 Å². The average Bonchev–Trinajstić information content (AvgIpc) is 3.13. The quantitative estimate of drug-likeness (QED) is 0.382. The number of thiophene rings is 1. The fourth-order valence-electron chi connectivity index (χ4n) is 3.11. The number of carbonyl (C=O) groups is 2. The van der Waals surface area contributed by atoms with E-state index in [2.05, 4.69) is 37.9 Å². The van der Waals surface area contributed by atoms with Gasteiger partial charge in [-0.05, 0) is 50.7 Å². The standard InChI is InChI=1S/C25H34N2O4S/c1-8-24(4,5)17-13-11-16(12-14-17)15-27-21-19(23(29)31-10-3)18(22(28)30-9-2)20(32-21)25(6,7)26/h11-15H,8-10,26H2,1-7H3. The number of benzene rings is 1. The first kappa shape index (κ1) is 25.7. The lowest BCUT2D eigenvalue weighted by atomic mass is 9.82. The molecule has 0 aliphatic carbocycles. The van der Waals surface area contributed by atoms with Gasteiger partial charge in [-0.2, -0.15) is 0 Å². The summed E-state index contributed by atoms with van der Waals surface area (Å²) in [5.74, 6) is -1.22. The molecule has 0 amide bonds. The maximum atomic E-state index is 12.8. The first-order valence-corrected chi connectivity index (χ1v) is 11.7. The Bertz CT molecular complexity index is 983. The van der Waals surface area contributed by atoms with Crippen molar-refractivity contribution in [3.8, 4) is 0 Å². The highest BCUT2D eigenvalue weighted by atomic mass is 32.1. The second-order valence-corrected chi connectivity index (χ2v) is 9.77. The molecule has 0 radical (unpaired) electrons. The van der Waals surface area contributed by atoms with E-state index in [9.17, 15) is 9.59 Å². The molecule has 0 saturated heterocycles. The minimum absolute atomic E-state index is 0.0939. The van der Waals surface area contributed by atoms with Crippen molar-refractivity contribution >= 4 is 34.5 Å². The van der Waals surface area contributed by atoms with Gasteiger partial charge in [0.25, 0.3) is 0 Å². The number of nitrogens with zero attached hydrogens (tertiary/aromatic N) is 1. The minimum Gasteiger partial charge on any atom is -0.462 e. The molecular weight excluding hydrogens is 424 g/mol. The summed E-state index contributed by atoms with van der Waals surface area (Å²) < 4.78 is 10.4. The molecule has 6 nitrogen and oxygen atoms in total. The summed E-state index contributed by atoms with van der Waals surface area (Å²) in [5.41, 5.74) is 7.92. The van der Waals surface area contributed by atoms with E-state index in [1.165, 1.54) is 16.9 Å². The van der Waals surface area contributed by atoms with Gasteiger partial charge < -0.3 is 15.2 Å². The van der Waals surface area contributed by atoms with Crippen molar-refractivity contribution in [3.05, 3.63) is 51.4 Å². The van der Waals surface area contributed by atoms with Gasteiger partial charge in [-0.15, -0.1) is 11.3 Å². The molecule has 1 aromatic heterocycles. The normalized spacial score (nSPS) is 12.2. The highest BCUT2D eigenvalue weighted by Crippen LogP contribution is 2.41. The van der Waals surface area contributed by atoms with Gasteiger partial charge in [0.05, 0.1) is 18.8 Å². The number of hydrogen-bond donors (Lipinski definition) is 1. The number of hydrogen-bond acceptors (Lipinski definition) is 7. The molecule has 32 heavy (non-hydrogen) atoms. The first-order valence-electron chi connectivity index (χ1n) is 10.9. The second kappa shape index (κ2) is 10.4. The van der Waals surface area contributed by atoms with E-state index in [4.69, 9.17) is 15.2 Å². The highest BCUT2D eigenvalue weighted by Gasteiger charge is 2.35. The molecule has 1 aromatic carbocycles. The van der Waals surface area contributed by atoms with Crippen LogP contribution in [0.2, 0.25) is 0 Å². The van der Waals surface area contributed by atoms with E-state index in [0.717, 1.165) is 12.0 Å². The molecule has 174 valence electrons. The lowest BCUT2D eigenvalue weighted by Crippen LogP contribution is -2.30. The van der Waals surface area contributed by atoms with Crippen molar-refractivity contribution in [2.24, 2.45) is 10.7 Å². The van der Waals surface area contributed by atoms with Crippen LogP contribution in [0.1, 0.15) is 91.6 Å². The zero-order valence-corrected chi connectivity index (χ0v) is 20.9. The maximum Gasteiger partial charge on any atom is 0.342 e. The monoisotopic (exact) mass is 458 g/mol. The van der Waals surface area contributed by atoms with Gasteiger partial charge in [0, 0.05) is 16.6 Å². The summed E-state index contributed by atoms with van der Waals surface area (Å²) in [4.78, 5) is 30.6.